The van der Waals surface area contributed by atoms with E-state index >= 15 is 0 Å². The molecule has 0 amide bonds. The summed E-state index contributed by atoms with van der Waals surface area (Å²) < 4.78 is 0. The zero-order valence-electron chi connectivity index (χ0n) is 13.2. The number of aliphatic hydroxyl groups excluding tert-OH is 1. The molecule has 0 radical (unpaired) electrons. The number of unbranched alkanes of at least 4 members (excludes halogenated alkanes) is 2. The summed E-state index contributed by atoms with van der Waals surface area (Å²) >= 11 is 1.77. The molecule has 1 heterocycles. The standard InChI is InChI=1S/C19H26OS/c1-3-5-8-15-12-16(9-6-4-2)19(17(13-15)14-20)18-10-7-11-21-18/h7,10-13,20H,3-6,8-9,14H2,1-2H3. The largest absolute Gasteiger partial charge is 0.392 e. The highest BCUT2D eigenvalue weighted by Crippen LogP contribution is 2.34. The highest BCUT2D eigenvalue weighted by molar-refractivity contribution is 7.13. The van der Waals surface area contributed by atoms with Crippen LogP contribution in [-0.2, 0) is 19.4 Å². The first-order chi connectivity index (χ1) is 10.3. The Morgan fingerprint density at radius 2 is 1.71 bits per heavy atom. The highest BCUT2D eigenvalue weighted by atomic mass is 32.1. The van der Waals surface area contributed by atoms with Gasteiger partial charge in [0, 0.05) is 10.4 Å². The van der Waals surface area contributed by atoms with Crippen LogP contribution in [0.5, 0.6) is 0 Å². The summed E-state index contributed by atoms with van der Waals surface area (Å²) in [5, 5.41) is 11.9. The van der Waals surface area contributed by atoms with Gasteiger partial charge in [0.25, 0.3) is 0 Å². The second-order valence-electron chi connectivity index (χ2n) is 5.63. The van der Waals surface area contributed by atoms with Crippen molar-refractivity contribution in [3.05, 3.63) is 46.3 Å². The SMILES string of the molecule is CCCCc1cc(CO)c(-c2cccs2)c(CCCC)c1. The van der Waals surface area contributed by atoms with Crippen LogP contribution >= 0.6 is 11.3 Å². The van der Waals surface area contributed by atoms with E-state index in [9.17, 15) is 5.11 Å². The third kappa shape index (κ3) is 4.18. The molecule has 0 aliphatic carbocycles. The maximum absolute atomic E-state index is 9.82. The van der Waals surface area contributed by atoms with Gasteiger partial charge >= 0.3 is 0 Å². The van der Waals surface area contributed by atoms with Gasteiger partial charge < -0.3 is 5.11 Å². The van der Waals surface area contributed by atoms with Crippen molar-refractivity contribution < 1.29 is 5.11 Å². The maximum Gasteiger partial charge on any atom is 0.0688 e. The zero-order valence-corrected chi connectivity index (χ0v) is 14.0. The fourth-order valence-electron chi connectivity index (χ4n) is 2.79. The van der Waals surface area contributed by atoms with Gasteiger partial charge in [-0.3, -0.25) is 0 Å². The van der Waals surface area contributed by atoms with Crippen LogP contribution in [0.15, 0.2) is 29.6 Å². The molecule has 2 rings (SSSR count). The Hall–Kier alpha value is -1.12. The molecule has 1 aromatic carbocycles. The molecule has 1 aromatic heterocycles. The van der Waals surface area contributed by atoms with E-state index in [1.54, 1.807) is 11.3 Å². The molecule has 0 spiro atoms. The smallest absolute Gasteiger partial charge is 0.0688 e. The third-order valence-electron chi connectivity index (χ3n) is 3.92. The molecule has 1 N–H and O–H groups in total. The molecular weight excluding hydrogens is 276 g/mol. The fourth-order valence-corrected chi connectivity index (χ4v) is 3.63. The van der Waals surface area contributed by atoms with Gasteiger partial charge in [0.1, 0.15) is 0 Å². The number of rotatable bonds is 8. The third-order valence-corrected chi connectivity index (χ3v) is 4.81. The first-order valence-electron chi connectivity index (χ1n) is 8.09. The Kier molecular flexibility index (Phi) is 6.47. The number of aryl methyl sites for hydroxylation is 2. The number of hydrogen-bond donors (Lipinski definition) is 1. The molecule has 0 atom stereocenters. The second kappa shape index (κ2) is 8.35. The van der Waals surface area contributed by atoms with E-state index in [2.05, 4.69) is 43.5 Å². The van der Waals surface area contributed by atoms with Gasteiger partial charge in [-0.05, 0) is 53.8 Å². The molecule has 2 aromatic rings. The molecule has 2 heteroatoms. The summed E-state index contributed by atoms with van der Waals surface area (Å²) in [5.41, 5.74) is 5.17. The minimum atomic E-state index is 0.131. The molecule has 21 heavy (non-hydrogen) atoms. The van der Waals surface area contributed by atoms with Gasteiger partial charge in [-0.2, -0.15) is 0 Å². The first-order valence-corrected chi connectivity index (χ1v) is 8.97. The normalized spacial score (nSPS) is 11.0. The number of benzene rings is 1. The highest BCUT2D eigenvalue weighted by Gasteiger charge is 2.13. The van der Waals surface area contributed by atoms with E-state index in [-0.39, 0.29) is 6.61 Å². The van der Waals surface area contributed by atoms with Gasteiger partial charge in [-0.25, -0.2) is 0 Å². The Morgan fingerprint density at radius 3 is 2.33 bits per heavy atom. The number of thiophene rings is 1. The van der Waals surface area contributed by atoms with Gasteiger partial charge in [0.15, 0.2) is 0 Å². The summed E-state index contributed by atoms with van der Waals surface area (Å²) in [5.74, 6) is 0. The molecular formula is C19H26OS. The fraction of sp³-hybridized carbons (Fsp3) is 0.474. The summed E-state index contributed by atoms with van der Waals surface area (Å²) in [6.07, 6.45) is 7.07. The average Bonchev–Trinajstić information content (AvgIpc) is 3.04. The summed E-state index contributed by atoms with van der Waals surface area (Å²) in [7, 11) is 0. The molecule has 0 fully saturated rings. The minimum absolute atomic E-state index is 0.131. The summed E-state index contributed by atoms with van der Waals surface area (Å²) in [6, 6.07) is 8.84. The number of hydrogen-bond acceptors (Lipinski definition) is 2. The molecule has 0 saturated heterocycles. The monoisotopic (exact) mass is 302 g/mol. The Bertz CT molecular complexity index is 543. The Labute approximate surface area is 132 Å². The lowest BCUT2D eigenvalue weighted by atomic mass is 9.92. The van der Waals surface area contributed by atoms with Crippen LogP contribution in [0.4, 0.5) is 0 Å². The van der Waals surface area contributed by atoms with Gasteiger partial charge in [-0.15, -0.1) is 11.3 Å². The molecule has 114 valence electrons. The lowest BCUT2D eigenvalue weighted by molar-refractivity contribution is 0.282. The van der Waals surface area contributed by atoms with Crippen molar-refractivity contribution in [1.29, 1.82) is 0 Å². The van der Waals surface area contributed by atoms with Crippen LogP contribution in [0.25, 0.3) is 10.4 Å². The second-order valence-corrected chi connectivity index (χ2v) is 6.58. The zero-order chi connectivity index (χ0) is 15.1. The van der Waals surface area contributed by atoms with Crippen LogP contribution in [-0.4, -0.2) is 5.11 Å². The van der Waals surface area contributed by atoms with E-state index in [4.69, 9.17) is 0 Å². The van der Waals surface area contributed by atoms with E-state index in [1.807, 2.05) is 0 Å². The topological polar surface area (TPSA) is 20.2 Å². The van der Waals surface area contributed by atoms with Crippen molar-refractivity contribution in [2.24, 2.45) is 0 Å². The minimum Gasteiger partial charge on any atom is -0.392 e. The van der Waals surface area contributed by atoms with Crippen molar-refractivity contribution >= 4 is 11.3 Å². The predicted octanol–water partition coefficient (Wildman–Crippen LogP) is 5.59. The molecule has 0 bridgehead atoms. The molecule has 0 saturated carbocycles. The molecule has 0 aliphatic rings. The van der Waals surface area contributed by atoms with E-state index in [1.165, 1.54) is 47.3 Å². The van der Waals surface area contributed by atoms with Crippen LogP contribution in [0.2, 0.25) is 0 Å². The van der Waals surface area contributed by atoms with Crippen molar-refractivity contribution in [3.63, 3.8) is 0 Å². The van der Waals surface area contributed by atoms with E-state index in [0.717, 1.165) is 18.4 Å². The van der Waals surface area contributed by atoms with Crippen LogP contribution in [0.3, 0.4) is 0 Å². The quantitative estimate of drug-likeness (QED) is 0.673. The van der Waals surface area contributed by atoms with Crippen molar-refractivity contribution in [2.75, 3.05) is 0 Å². The number of aliphatic hydroxyl groups is 1. The van der Waals surface area contributed by atoms with E-state index < -0.39 is 0 Å². The summed E-state index contributed by atoms with van der Waals surface area (Å²) in [6.45, 7) is 4.59. The Balaban J connectivity index is 2.44. The van der Waals surface area contributed by atoms with Crippen molar-refractivity contribution in [2.45, 2.75) is 59.0 Å². The lowest BCUT2D eigenvalue weighted by Gasteiger charge is -2.15. The summed E-state index contributed by atoms with van der Waals surface area (Å²) in [4.78, 5) is 1.28. The van der Waals surface area contributed by atoms with Gasteiger partial charge in [0.05, 0.1) is 6.61 Å². The van der Waals surface area contributed by atoms with Crippen LogP contribution < -0.4 is 0 Å². The predicted molar refractivity (Wildman–Crippen MR) is 92.9 cm³/mol. The Morgan fingerprint density at radius 1 is 1.00 bits per heavy atom. The van der Waals surface area contributed by atoms with Crippen LogP contribution in [0.1, 0.15) is 56.2 Å². The van der Waals surface area contributed by atoms with Crippen LogP contribution in [0, 0.1) is 0 Å². The van der Waals surface area contributed by atoms with Gasteiger partial charge in [0.2, 0.25) is 0 Å². The van der Waals surface area contributed by atoms with E-state index in [0.29, 0.717) is 0 Å². The molecule has 0 unspecified atom stereocenters. The molecule has 0 aliphatic heterocycles. The maximum atomic E-state index is 9.82. The lowest BCUT2D eigenvalue weighted by Crippen LogP contribution is -1.99. The van der Waals surface area contributed by atoms with Crippen molar-refractivity contribution in [1.82, 2.24) is 0 Å². The van der Waals surface area contributed by atoms with Gasteiger partial charge in [-0.1, -0.05) is 44.9 Å². The first kappa shape index (κ1) is 16.3. The average molecular weight is 302 g/mol. The molecule has 1 nitrogen and oxygen atoms in total. The van der Waals surface area contributed by atoms with Crippen molar-refractivity contribution in [3.8, 4) is 10.4 Å².